The Bertz CT molecular complexity index is 361. The molecule has 1 saturated heterocycles. The van der Waals surface area contributed by atoms with Gasteiger partial charge in [0.1, 0.15) is 0 Å². The fourth-order valence-electron chi connectivity index (χ4n) is 2.04. The molecule has 1 fully saturated rings. The average molecular weight is 382 g/mol. The number of rotatable bonds is 8. The van der Waals surface area contributed by atoms with Crippen molar-refractivity contribution in [1.29, 1.82) is 0 Å². The van der Waals surface area contributed by atoms with Crippen molar-refractivity contribution in [3.63, 3.8) is 0 Å². The molecule has 1 aromatic rings. The van der Waals surface area contributed by atoms with Crippen LogP contribution in [-0.4, -0.2) is 41.2 Å². The predicted molar refractivity (Wildman–Crippen MR) is 92.0 cm³/mol. The molecule has 0 aliphatic carbocycles. The minimum Gasteiger partial charge on any atom is -0.478 e. The lowest BCUT2D eigenvalue weighted by atomic mass is 10.2. The van der Waals surface area contributed by atoms with Gasteiger partial charge in [0.25, 0.3) is 0 Å². The summed E-state index contributed by atoms with van der Waals surface area (Å²) in [4.78, 5) is 6.73. The zero-order chi connectivity index (χ0) is 13.3. The van der Waals surface area contributed by atoms with E-state index < -0.39 is 0 Å². The Hall–Kier alpha value is 0.0300. The molecule has 0 unspecified atom stereocenters. The maximum Gasteiger partial charge on any atom is 0.213 e. The smallest absolute Gasteiger partial charge is 0.213 e. The van der Waals surface area contributed by atoms with Crippen molar-refractivity contribution >= 4 is 40.1 Å². The summed E-state index contributed by atoms with van der Waals surface area (Å²) >= 11 is 5.41. The van der Waals surface area contributed by atoms with Gasteiger partial charge >= 0.3 is 0 Å². The van der Waals surface area contributed by atoms with E-state index in [9.17, 15) is 0 Å². The lowest BCUT2D eigenvalue weighted by Gasteiger charge is -2.12. The summed E-state index contributed by atoms with van der Waals surface area (Å²) in [6, 6.07) is 3.85. The highest BCUT2D eigenvalue weighted by Crippen LogP contribution is 2.15. The van der Waals surface area contributed by atoms with Gasteiger partial charge in [-0.1, -0.05) is 12.8 Å². The van der Waals surface area contributed by atoms with Crippen molar-refractivity contribution in [1.82, 2.24) is 9.88 Å². The first-order valence-corrected chi connectivity index (χ1v) is 8.84. The maximum absolute atomic E-state index is 5.60. The van der Waals surface area contributed by atoms with E-state index in [0.29, 0.717) is 0 Å². The summed E-state index contributed by atoms with van der Waals surface area (Å²) in [5.74, 6) is 3.27. The first kappa shape index (κ1) is 18.1. The molecule has 1 aliphatic heterocycles. The minimum absolute atomic E-state index is 0. The molecule has 0 radical (unpaired) electrons. The summed E-state index contributed by atoms with van der Waals surface area (Å²) in [7, 11) is 0. The molecule has 0 atom stereocenters. The summed E-state index contributed by atoms with van der Waals surface area (Å²) < 4.78 is 6.58. The predicted octanol–water partition coefficient (Wildman–Crippen LogP) is 4.21. The highest BCUT2D eigenvalue weighted by atomic mass is 79.9. The van der Waals surface area contributed by atoms with Crippen LogP contribution in [0, 0.1) is 0 Å². The Morgan fingerprint density at radius 1 is 1.25 bits per heavy atom. The molecule has 20 heavy (non-hydrogen) atoms. The van der Waals surface area contributed by atoms with E-state index in [0.717, 1.165) is 23.4 Å². The molecule has 6 heteroatoms. The molecule has 1 aliphatic rings. The van der Waals surface area contributed by atoms with Gasteiger partial charge in [-0.3, -0.25) is 4.90 Å². The van der Waals surface area contributed by atoms with E-state index >= 15 is 0 Å². The van der Waals surface area contributed by atoms with Gasteiger partial charge in [0.2, 0.25) is 5.88 Å². The topological polar surface area (TPSA) is 25.4 Å². The van der Waals surface area contributed by atoms with Crippen molar-refractivity contribution in [2.45, 2.75) is 25.7 Å². The van der Waals surface area contributed by atoms with Crippen molar-refractivity contribution < 1.29 is 4.74 Å². The fraction of sp³-hybridized carbons (Fsp3) is 0.643. The number of ether oxygens (including phenoxy) is 1. The zero-order valence-electron chi connectivity index (χ0n) is 11.6. The van der Waals surface area contributed by atoms with E-state index in [1.54, 1.807) is 6.20 Å². The number of hydrogen-bond acceptors (Lipinski definition) is 4. The quantitative estimate of drug-likeness (QED) is 0.630. The number of halogens is 2. The maximum atomic E-state index is 5.60. The van der Waals surface area contributed by atoms with Crippen LogP contribution < -0.4 is 4.74 Å². The number of pyridine rings is 1. The molecule has 0 spiro atoms. The third-order valence-corrected chi connectivity index (χ3v) is 4.63. The molecular weight excluding hydrogens is 360 g/mol. The van der Waals surface area contributed by atoms with Crippen molar-refractivity contribution in [2.24, 2.45) is 0 Å². The summed E-state index contributed by atoms with van der Waals surface area (Å²) in [6.07, 6.45) is 6.75. The number of thioether (sulfide) groups is 1. The van der Waals surface area contributed by atoms with Gasteiger partial charge in [0.15, 0.2) is 0 Å². The van der Waals surface area contributed by atoms with Gasteiger partial charge in [0, 0.05) is 34.9 Å². The minimum atomic E-state index is 0. The Balaban J connectivity index is 0.00000200. The van der Waals surface area contributed by atoms with E-state index in [1.165, 1.54) is 44.0 Å². The first-order valence-electron chi connectivity index (χ1n) is 6.89. The van der Waals surface area contributed by atoms with Crippen LogP contribution in [0.4, 0.5) is 0 Å². The Labute approximate surface area is 140 Å². The van der Waals surface area contributed by atoms with E-state index in [-0.39, 0.29) is 12.4 Å². The number of hydrogen-bond donors (Lipinski definition) is 0. The van der Waals surface area contributed by atoms with Crippen molar-refractivity contribution in [2.75, 3.05) is 31.3 Å². The van der Waals surface area contributed by atoms with E-state index in [4.69, 9.17) is 4.74 Å². The lowest BCUT2D eigenvalue weighted by Crippen LogP contribution is -2.20. The number of aromatic nitrogens is 1. The first-order chi connectivity index (χ1) is 9.34. The van der Waals surface area contributed by atoms with Crippen LogP contribution in [0.5, 0.6) is 5.88 Å². The highest BCUT2D eigenvalue weighted by molar-refractivity contribution is 9.10. The molecule has 1 aromatic heterocycles. The molecule has 0 saturated carbocycles. The molecule has 2 rings (SSSR count). The van der Waals surface area contributed by atoms with Crippen LogP contribution in [0.15, 0.2) is 22.8 Å². The lowest BCUT2D eigenvalue weighted by molar-refractivity contribution is 0.289. The van der Waals surface area contributed by atoms with Gasteiger partial charge in [0.05, 0.1) is 6.61 Å². The van der Waals surface area contributed by atoms with Crippen LogP contribution in [0.1, 0.15) is 25.7 Å². The molecule has 114 valence electrons. The molecule has 0 aromatic carbocycles. The second-order valence-electron chi connectivity index (χ2n) is 4.73. The van der Waals surface area contributed by atoms with E-state index in [1.807, 2.05) is 23.9 Å². The fourth-order valence-corrected chi connectivity index (χ4v) is 3.31. The van der Waals surface area contributed by atoms with Crippen LogP contribution in [0.2, 0.25) is 0 Å². The SMILES string of the molecule is Brc1ccc(OCCCCCCN2CCSC2)nc1.Cl. The van der Waals surface area contributed by atoms with Crippen LogP contribution in [0.3, 0.4) is 0 Å². The standard InChI is InChI=1S/C14H21BrN2OS.ClH/c15-13-5-6-14(16-11-13)18-9-4-2-1-3-7-17-8-10-19-12-17;/h5-6,11H,1-4,7-10,12H2;1H. The molecule has 3 nitrogen and oxygen atoms in total. The van der Waals surface area contributed by atoms with E-state index in [2.05, 4.69) is 25.8 Å². The Morgan fingerprint density at radius 3 is 2.80 bits per heavy atom. The second-order valence-corrected chi connectivity index (χ2v) is 6.72. The van der Waals surface area contributed by atoms with Gasteiger partial charge in [-0.25, -0.2) is 4.98 Å². The third-order valence-electron chi connectivity index (χ3n) is 3.14. The molecule has 0 bridgehead atoms. The Morgan fingerprint density at radius 2 is 2.10 bits per heavy atom. The largest absolute Gasteiger partial charge is 0.478 e. The Kier molecular flexibility index (Phi) is 9.68. The van der Waals surface area contributed by atoms with Gasteiger partial charge in [-0.15, -0.1) is 24.2 Å². The van der Waals surface area contributed by atoms with Crippen LogP contribution >= 0.6 is 40.1 Å². The average Bonchev–Trinajstić information content (AvgIpc) is 2.93. The third kappa shape index (κ3) is 7.16. The zero-order valence-corrected chi connectivity index (χ0v) is 14.8. The molecule has 0 amide bonds. The van der Waals surface area contributed by atoms with Gasteiger partial charge in [-0.2, -0.15) is 0 Å². The molecule has 2 heterocycles. The number of nitrogens with zero attached hydrogens (tertiary/aromatic N) is 2. The van der Waals surface area contributed by atoms with Gasteiger partial charge in [-0.05, 0) is 41.4 Å². The summed E-state index contributed by atoms with van der Waals surface area (Å²) in [5.41, 5.74) is 0. The van der Waals surface area contributed by atoms with Crippen LogP contribution in [-0.2, 0) is 0 Å². The summed E-state index contributed by atoms with van der Waals surface area (Å²) in [5, 5.41) is 0. The highest BCUT2D eigenvalue weighted by Gasteiger charge is 2.10. The van der Waals surface area contributed by atoms with Crippen molar-refractivity contribution in [3.05, 3.63) is 22.8 Å². The molecule has 0 N–H and O–H groups in total. The second kappa shape index (κ2) is 10.7. The normalized spacial score (nSPS) is 15.1. The number of unbranched alkanes of at least 4 members (excludes halogenated alkanes) is 3. The monoisotopic (exact) mass is 380 g/mol. The van der Waals surface area contributed by atoms with Crippen LogP contribution in [0.25, 0.3) is 0 Å². The van der Waals surface area contributed by atoms with Crippen molar-refractivity contribution in [3.8, 4) is 5.88 Å². The molecular formula is C14H22BrClN2OS. The van der Waals surface area contributed by atoms with Gasteiger partial charge < -0.3 is 4.74 Å². The summed E-state index contributed by atoms with van der Waals surface area (Å²) in [6.45, 7) is 3.32.